The summed E-state index contributed by atoms with van der Waals surface area (Å²) in [6, 6.07) is 18.1. The fourth-order valence-electron chi connectivity index (χ4n) is 3.12. The van der Waals surface area contributed by atoms with Crippen LogP contribution in [0.2, 0.25) is 0 Å². The van der Waals surface area contributed by atoms with Crippen LogP contribution in [0.3, 0.4) is 0 Å². The van der Waals surface area contributed by atoms with Gasteiger partial charge in [-0.05, 0) is 35.4 Å². The van der Waals surface area contributed by atoms with E-state index in [1.807, 2.05) is 0 Å². The highest BCUT2D eigenvalue weighted by molar-refractivity contribution is 6.28. The van der Waals surface area contributed by atoms with Gasteiger partial charge in [-0.15, -0.1) is 0 Å². The van der Waals surface area contributed by atoms with Gasteiger partial charge in [-0.25, -0.2) is 0 Å². The maximum atomic E-state index is 12.7. The third-order valence-electron chi connectivity index (χ3n) is 4.52. The number of fused-ring (bicyclic) bond motifs is 2. The van der Waals surface area contributed by atoms with Crippen molar-refractivity contribution in [2.45, 2.75) is 0 Å². The Morgan fingerprint density at radius 1 is 0.667 bits per heavy atom. The lowest BCUT2D eigenvalue weighted by atomic mass is 9.83. The Hall–Kier alpha value is -3.86. The number of hydrogen-bond acceptors (Lipinski definition) is 4. The van der Waals surface area contributed by atoms with E-state index in [4.69, 9.17) is 0 Å². The van der Waals surface area contributed by atoms with E-state index in [1.54, 1.807) is 66.7 Å². The minimum atomic E-state index is -0.447. The van der Waals surface area contributed by atoms with Gasteiger partial charge in [-0.2, -0.15) is 0 Å². The fraction of sp³-hybridized carbons (Fsp3) is 0. The topological polar surface area (TPSA) is 77.3 Å². The fourth-order valence-corrected chi connectivity index (χ4v) is 3.12. The van der Waals surface area contributed by atoms with Gasteiger partial charge in [0, 0.05) is 34.4 Å². The molecule has 0 radical (unpaired) electrons. The molecule has 3 aromatic rings. The van der Waals surface area contributed by atoms with E-state index < -0.39 is 4.92 Å². The molecule has 130 valence electrons. The molecule has 1 aliphatic rings. The number of nitro benzene ring substituents is 1. The van der Waals surface area contributed by atoms with Crippen LogP contribution in [0.4, 0.5) is 5.69 Å². The van der Waals surface area contributed by atoms with Crippen LogP contribution in [0.15, 0.2) is 66.7 Å². The number of hydrogen-bond donors (Lipinski definition) is 0. The van der Waals surface area contributed by atoms with Gasteiger partial charge in [0.05, 0.1) is 4.92 Å². The van der Waals surface area contributed by atoms with Gasteiger partial charge in [0.25, 0.3) is 5.69 Å². The average molecular weight is 355 g/mol. The van der Waals surface area contributed by atoms with Gasteiger partial charge in [0.2, 0.25) is 0 Å². The lowest BCUT2D eigenvalue weighted by Crippen LogP contribution is -2.20. The second-order valence-electron chi connectivity index (χ2n) is 6.19. The highest BCUT2D eigenvalue weighted by Gasteiger charge is 2.29. The van der Waals surface area contributed by atoms with Crippen molar-refractivity contribution < 1.29 is 14.5 Å². The summed E-state index contributed by atoms with van der Waals surface area (Å²) in [5, 5.41) is 10.7. The van der Waals surface area contributed by atoms with Gasteiger partial charge in [-0.1, -0.05) is 42.5 Å². The number of ketones is 2. The second-order valence-corrected chi connectivity index (χ2v) is 6.19. The molecule has 0 amide bonds. The molecule has 0 bridgehead atoms. The Morgan fingerprint density at radius 3 is 1.81 bits per heavy atom. The van der Waals surface area contributed by atoms with E-state index in [2.05, 4.69) is 0 Å². The van der Waals surface area contributed by atoms with Crippen molar-refractivity contribution in [1.82, 2.24) is 0 Å². The van der Waals surface area contributed by atoms with Crippen LogP contribution in [0.5, 0.6) is 0 Å². The summed E-state index contributed by atoms with van der Waals surface area (Å²) in [6.07, 6.45) is 3.61. The molecular weight excluding hydrogens is 342 g/mol. The molecule has 1 aliphatic carbocycles. The van der Waals surface area contributed by atoms with E-state index in [-0.39, 0.29) is 17.3 Å². The SMILES string of the molecule is O=C1c2ccccc2C(=O)c2cc(C=Cc3ccc([N+](=O)[O-])cc3)ccc21. The molecule has 0 aliphatic heterocycles. The molecule has 27 heavy (non-hydrogen) atoms. The summed E-state index contributed by atoms with van der Waals surface area (Å²) in [6.45, 7) is 0. The van der Waals surface area contributed by atoms with Crippen LogP contribution >= 0.6 is 0 Å². The van der Waals surface area contributed by atoms with Crippen LogP contribution in [0.1, 0.15) is 43.0 Å². The number of carbonyl (C=O) groups is 2. The highest BCUT2D eigenvalue weighted by Crippen LogP contribution is 2.28. The number of benzene rings is 3. The third-order valence-corrected chi connectivity index (χ3v) is 4.52. The van der Waals surface area contributed by atoms with Gasteiger partial charge >= 0.3 is 0 Å². The van der Waals surface area contributed by atoms with Crippen LogP contribution in [0, 0.1) is 10.1 Å². The quantitative estimate of drug-likeness (QED) is 0.307. The molecule has 0 atom stereocenters. The predicted molar refractivity (Wildman–Crippen MR) is 102 cm³/mol. The van der Waals surface area contributed by atoms with Crippen LogP contribution in [-0.2, 0) is 0 Å². The molecule has 0 spiro atoms. The van der Waals surface area contributed by atoms with Crippen LogP contribution < -0.4 is 0 Å². The van der Waals surface area contributed by atoms with E-state index in [9.17, 15) is 19.7 Å². The lowest BCUT2D eigenvalue weighted by molar-refractivity contribution is -0.384. The first kappa shape index (κ1) is 16.6. The standard InChI is InChI=1S/C22H13NO4/c24-21-17-3-1-2-4-18(17)22(25)20-13-15(9-12-19(20)21)6-5-14-7-10-16(11-8-14)23(26)27/h1-13H. The van der Waals surface area contributed by atoms with Crippen LogP contribution in [0.25, 0.3) is 12.2 Å². The van der Waals surface area contributed by atoms with E-state index in [0.717, 1.165) is 11.1 Å². The molecule has 5 heteroatoms. The van der Waals surface area contributed by atoms with E-state index >= 15 is 0 Å². The largest absolute Gasteiger partial charge is 0.289 e. The number of nitro groups is 1. The molecule has 0 saturated carbocycles. The van der Waals surface area contributed by atoms with E-state index in [0.29, 0.717) is 22.3 Å². The molecule has 0 unspecified atom stereocenters. The Labute approximate surface area is 154 Å². The maximum absolute atomic E-state index is 12.7. The van der Waals surface area contributed by atoms with Gasteiger partial charge in [-0.3, -0.25) is 19.7 Å². The number of non-ortho nitro benzene ring substituents is 1. The van der Waals surface area contributed by atoms with E-state index in [1.165, 1.54) is 12.1 Å². The first-order valence-electron chi connectivity index (χ1n) is 8.29. The molecule has 3 aromatic carbocycles. The summed E-state index contributed by atoms with van der Waals surface area (Å²) in [7, 11) is 0. The molecule has 0 N–H and O–H groups in total. The monoisotopic (exact) mass is 355 g/mol. The summed E-state index contributed by atoms with van der Waals surface area (Å²) in [5.74, 6) is -0.308. The third kappa shape index (κ3) is 2.95. The van der Waals surface area contributed by atoms with Crippen molar-refractivity contribution in [2.75, 3.05) is 0 Å². The smallest absolute Gasteiger partial charge is 0.269 e. The van der Waals surface area contributed by atoms with Gasteiger partial charge < -0.3 is 0 Å². The molecule has 0 saturated heterocycles. The Balaban J connectivity index is 1.66. The molecule has 4 rings (SSSR count). The molecule has 0 aromatic heterocycles. The highest BCUT2D eigenvalue weighted by atomic mass is 16.6. The van der Waals surface area contributed by atoms with Crippen molar-refractivity contribution in [3.8, 4) is 0 Å². The van der Waals surface area contributed by atoms with Crippen LogP contribution in [-0.4, -0.2) is 16.5 Å². The minimum absolute atomic E-state index is 0.0312. The van der Waals surface area contributed by atoms with Crippen molar-refractivity contribution in [2.24, 2.45) is 0 Å². The zero-order valence-corrected chi connectivity index (χ0v) is 14.1. The number of carbonyl (C=O) groups excluding carboxylic acids is 2. The maximum Gasteiger partial charge on any atom is 0.269 e. The number of nitrogens with zero attached hydrogens (tertiary/aromatic N) is 1. The summed E-state index contributed by atoms with van der Waals surface area (Å²) in [5.41, 5.74) is 3.26. The van der Waals surface area contributed by atoms with Gasteiger partial charge in [0.1, 0.15) is 0 Å². The summed E-state index contributed by atoms with van der Waals surface area (Å²) >= 11 is 0. The van der Waals surface area contributed by atoms with Crippen molar-refractivity contribution in [1.29, 1.82) is 0 Å². The Kier molecular flexibility index (Phi) is 3.97. The zero-order chi connectivity index (χ0) is 19.0. The second kappa shape index (κ2) is 6.46. The lowest BCUT2D eigenvalue weighted by Gasteiger charge is -2.17. The summed E-state index contributed by atoms with van der Waals surface area (Å²) < 4.78 is 0. The Morgan fingerprint density at radius 2 is 1.19 bits per heavy atom. The summed E-state index contributed by atoms with van der Waals surface area (Å²) in [4.78, 5) is 35.6. The Bertz CT molecular complexity index is 1130. The predicted octanol–water partition coefficient (Wildman–Crippen LogP) is 4.54. The normalized spacial score (nSPS) is 12.7. The minimum Gasteiger partial charge on any atom is -0.289 e. The first-order valence-corrected chi connectivity index (χ1v) is 8.29. The molecule has 0 fully saturated rings. The molecule has 0 heterocycles. The molecule has 5 nitrogen and oxygen atoms in total. The van der Waals surface area contributed by atoms with Crippen molar-refractivity contribution in [3.63, 3.8) is 0 Å². The average Bonchev–Trinajstić information content (AvgIpc) is 2.70. The first-order chi connectivity index (χ1) is 13.0. The zero-order valence-electron chi connectivity index (χ0n) is 14.1. The number of rotatable bonds is 3. The van der Waals surface area contributed by atoms with Crippen molar-refractivity contribution in [3.05, 3.63) is 110 Å². The van der Waals surface area contributed by atoms with Gasteiger partial charge in [0.15, 0.2) is 11.6 Å². The molecular formula is C22H13NO4. The van der Waals surface area contributed by atoms with Crippen molar-refractivity contribution >= 4 is 29.4 Å².